The lowest BCUT2D eigenvalue weighted by atomic mass is 9.98. The predicted molar refractivity (Wildman–Crippen MR) is 84.7 cm³/mol. The molecule has 0 heterocycles. The molecule has 0 saturated carbocycles. The van der Waals surface area contributed by atoms with E-state index < -0.39 is 0 Å². The van der Waals surface area contributed by atoms with Gasteiger partial charge < -0.3 is 0 Å². The fourth-order valence-corrected chi connectivity index (χ4v) is 1.43. The van der Waals surface area contributed by atoms with Gasteiger partial charge in [-0.15, -0.1) is 0 Å². The van der Waals surface area contributed by atoms with E-state index in [9.17, 15) is 0 Å². The van der Waals surface area contributed by atoms with E-state index >= 15 is 0 Å². The summed E-state index contributed by atoms with van der Waals surface area (Å²) in [5.41, 5.74) is 5.20. The first-order valence-electron chi connectivity index (χ1n) is 6.40. The van der Waals surface area contributed by atoms with Crippen LogP contribution in [0.2, 0.25) is 0 Å². The van der Waals surface area contributed by atoms with Gasteiger partial charge in [0.1, 0.15) is 0 Å². The molecule has 0 saturated heterocycles. The molecule has 0 radical (unpaired) electrons. The van der Waals surface area contributed by atoms with Gasteiger partial charge in [0.25, 0.3) is 0 Å². The Morgan fingerprint density at radius 3 is 1.94 bits per heavy atom. The fraction of sp³-hybridized carbons (Fsp3) is 0.529. The van der Waals surface area contributed by atoms with Gasteiger partial charge in [0.2, 0.25) is 0 Å². The minimum atomic E-state index is 0. The van der Waals surface area contributed by atoms with Gasteiger partial charge in [-0.3, -0.25) is 0 Å². The van der Waals surface area contributed by atoms with Crippen LogP contribution < -0.4 is 0 Å². The van der Waals surface area contributed by atoms with E-state index in [1.807, 2.05) is 27.7 Å². The minimum absolute atomic E-state index is 0. The van der Waals surface area contributed by atoms with Crippen LogP contribution in [0.5, 0.6) is 0 Å². The average Bonchev–Trinajstić information content (AvgIpc) is 2.33. The van der Waals surface area contributed by atoms with Crippen LogP contribution in [0.15, 0.2) is 24.8 Å². The van der Waals surface area contributed by atoms with Crippen molar-refractivity contribution in [3.05, 3.63) is 41.5 Å². The van der Waals surface area contributed by atoms with Gasteiger partial charge in [-0.05, 0) is 31.4 Å². The van der Waals surface area contributed by atoms with Gasteiger partial charge >= 0.3 is 0 Å². The SMILES string of the molecule is C.C=C(C)c1ccc(C)cc1CC.CC.CC. The van der Waals surface area contributed by atoms with Crippen molar-refractivity contribution in [1.82, 2.24) is 0 Å². The number of hydrogen-bond donors (Lipinski definition) is 0. The molecule has 0 spiro atoms. The average molecular weight is 236 g/mol. The third-order valence-corrected chi connectivity index (χ3v) is 2.10. The van der Waals surface area contributed by atoms with E-state index in [1.165, 1.54) is 16.7 Å². The van der Waals surface area contributed by atoms with Crippen LogP contribution in [0, 0.1) is 6.92 Å². The number of hydrogen-bond acceptors (Lipinski definition) is 0. The quantitative estimate of drug-likeness (QED) is 0.567. The molecular weight excluding hydrogens is 204 g/mol. The summed E-state index contributed by atoms with van der Waals surface area (Å²) in [5, 5.41) is 0. The lowest BCUT2D eigenvalue weighted by Gasteiger charge is -2.07. The lowest BCUT2D eigenvalue weighted by Crippen LogP contribution is -1.89. The summed E-state index contributed by atoms with van der Waals surface area (Å²) in [5.74, 6) is 0. The lowest BCUT2D eigenvalue weighted by molar-refractivity contribution is 1.12. The molecule has 0 heteroatoms. The number of allylic oxidation sites excluding steroid dienone is 1. The largest absolute Gasteiger partial charge is 0.0955 e. The Balaban J connectivity index is -0.000000355. The predicted octanol–water partition coefficient (Wildman–Crippen LogP) is 6.28. The van der Waals surface area contributed by atoms with Crippen molar-refractivity contribution in [1.29, 1.82) is 0 Å². The van der Waals surface area contributed by atoms with Gasteiger partial charge in [0, 0.05) is 0 Å². The van der Waals surface area contributed by atoms with Gasteiger partial charge in [-0.1, -0.05) is 78.0 Å². The molecule has 1 aromatic carbocycles. The summed E-state index contributed by atoms with van der Waals surface area (Å²) in [6, 6.07) is 6.55. The van der Waals surface area contributed by atoms with Crippen molar-refractivity contribution < 1.29 is 0 Å². The zero-order valence-electron chi connectivity index (χ0n) is 12.1. The zero-order chi connectivity index (χ0) is 13.1. The van der Waals surface area contributed by atoms with E-state index in [0.29, 0.717) is 0 Å². The van der Waals surface area contributed by atoms with Crippen LogP contribution in [0.3, 0.4) is 0 Å². The zero-order valence-corrected chi connectivity index (χ0v) is 12.1. The molecule has 0 unspecified atom stereocenters. The van der Waals surface area contributed by atoms with Gasteiger partial charge in [0.15, 0.2) is 0 Å². The molecule has 0 nitrogen and oxygen atoms in total. The van der Waals surface area contributed by atoms with Crippen molar-refractivity contribution >= 4 is 5.57 Å². The Hall–Kier alpha value is -1.04. The maximum absolute atomic E-state index is 3.96. The van der Waals surface area contributed by atoms with Crippen LogP contribution in [-0.4, -0.2) is 0 Å². The van der Waals surface area contributed by atoms with Crippen molar-refractivity contribution in [2.24, 2.45) is 0 Å². The highest BCUT2D eigenvalue weighted by molar-refractivity contribution is 5.64. The molecule has 0 fully saturated rings. The molecule has 0 N–H and O–H groups in total. The van der Waals surface area contributed by atoms with Crippen molar-refractivity contribution in [3.63, 3.8) is 0 Å². The summed E-state index contributed by atoms with van der Waals surface area (Å²) in [6.07, 6.45) is 1.09. The maximum atomic E-state index is 3.96. The first-order chi connectivity index (χ1) is 7.65. The molecule has 0 aliphatic carbocycles. The Morgan fingerprint density at radius 1 is 1.12 bits per heavy atom. The first-order valence-corrected chi connectivity index (χ1v) is 6.40. The van der Waals surface area contributed by atoms with Crippen LogP contribution in [0.25, 0.3) is 5.57 Å². The molecule has 1 rings (SSSR count). The Labute approximate surface area is 110 Å². The summed E-state index contributed by atoms with van der Waals surface area (Å²) in [4.78, 5) is 0. The van der Waals surface area contributed by atoms with E-state index in [1.54, 1.807) is 0 Å². The topological polar surface area (TPSA) is 0 Å². The summed E-state index contributed by atoms with van der Waals surface area (Å²) in [7, 11) is 0. The standard InChI is InChI=1S/C12H16.2C2H6.CH4/c1-5-11-8-10(4)6-7-12(11)9(2)3;2*1-2;/h6-8H,2,5H2,1,3-4H3;2*1-2H3;1H4. The number of benzene rings is 1. The van der Waals surface area contributed by atoms with Crippen molar-refractivity contribution in [3.8, 4) is 0 Å². The molecule has 0 atom stereocenters. The smallest absolute Gasteiger partial charge is 0.0201 e. The highest BCUT2D eigenvalue weighted by Crippen LogP contribution is 2.19. The Bertz CT molecular complexity index is 295. The van der Waals surface area contributed by atoms with E-state index in [4.69, 9.17) is 0 Å². The third kappa shape index (κ3) is 7.79. The maximum Gasteiger partial charge on any atom is -0.0201 e. The van der Waals surface area contributed by atoms with Crippen LogP contribution in [-0.2, 0) is 6.42 Å². The van der Waals surface area contributed by atoms with Gasteiger partial charge in [-0.2, -0.15) is 0 Å². The van der Waals surface area contributed by atoms with E-state index in [2.05, 4.69) is 45.5 Å². The van der Waals surface area contributed by atoms with Gasteiger partial charge in [0.05, 0.1) is 0 Å². The molecule has 1 aromatic rings. The fourth-order valence-electron chi connectivity index (χ4n) is 1.43. The second-order valence-corrected chi connectivity index (χ2v) is 3.29. The normalized spacial score (nSPS) is 7.71. The molecule has 100 valence electrons. The van der Waals surface area contributed by atoms with Crippen LogP contribution in [0.1, 0.15) is 65.7 Å². The van der Waals surface area contributed by atoms with E-state index in [0.717, 1.165) is 12.0 Å². The van der Waals surface area contributed by atoms with Crippen LogP contribution >= 0.6 is 0 Å². The van der Waals surface area contributed by atoms with Crippen molar-refractivity contribution in [2.75, 3.05) is 0 Å². The number of aryl methyl sites for hydroxylation is 2. The molecule has 0 aromatic heterocycles. The summed E-state index contributed by atoms with van der Waals surface area (Å²) < 4.78 is 0. The third-order valence-electron chi connectivity index (χ3n) is 2.10. The Kier molecular flexibility index (Phi) is 16.3. The van der Waals surface area contributed by atoms with Crippen LogP contribution in [0.4, 0.5) is 0 Å². The molecule has 0 bridgehead atoms. The Morgan fingerprint density at radius 2 is 1.59 bits per heavy atom. The second kappa shape index (κ2) is 13.0. The molecular formula is C17H32. The number of rotatable bonds is 2. The molecule has 0 amide bonds. The molecule has 17 heavy (non-hydrogen) atoms. The monoisotopic (exact) mass is 236 g/mol. The van der Waals surface area contributed by atoms with Crippen molar-refractivity contribution in [2.45, 2.75) is 62.3 Å². The first kappa shape index (κ1) is 21.3. The molecule has 0 aliphatic rings. The highest BCUT2D eigenvalue weighted by Gasteiger charge is 2.00. The van der Waals surface area contributed by atoms with Gasteiger partial charge in [-0.25, -0.2) is 0 Å². The highest BCUT2D eigenvalue weighted by atomic mass is 14.0. The minimum Gasteiger partial charge on any atom is -0.0955 e. The molecule has 0 aliphatic heterocycles. The summed E-state index contributed by atoms with van der Waals surface area (Å²) >= 11 is 0. The van der Waals surface area contributed by atoms with E-state index in [-0.39, 0.29) is 7.43 Å². The second-order valence-electron chi connectivity index (χ2n) is 3.29. The summed E-state index contributed by atoms with van der Waals surface area (Å²) in [6.45, 7) is 18.3.